The molecule has 0 bridgehead atoms. The molecule has 0 fully saturated rings. The average Bonchev–Trinajstić information content (AvgIpc) is 2.51. The number of nitrogens with zero attached hydrogens (tertiary/aromatic N) is 1. The van der Waals surface area contributed by atoms with Crippen molar-refractivity contribution in [3.63, 3.8) is 0 Å². The summed E-state index contributed by atoms with van der Waals surface area (Å²) in [5.41, 5.74) is -1.77. The molecule has 0 spiro atoms. The molecule has 146 valence electrons. The fraction of sp³-hybridized carbons (Fsp3) is 0.588. The van der Waals surface area contributed by atoms with Crippen LogP contribution in [-0.2, 0) is 0 Å². The molecule has 1 aliphatic heterocycles. The highest BCUT2D eigenvalue weighted by Gasteiger charge is 2.51. The lowest BCUT2D eigenvalue weighted by Crippen LogP contribution is -2.38. The van der Waals surface area contributed by atoms with Crippen molar-refractivity contribution < 1.29 is 26.3 Å². The Morgan fingerprint density at radius 1 is 1.19 bits per heavy atom. The number of nitrogens with one attached hydrogen (secondary N) is 1. The van der Waals surface area contributed by atoms with E-state index in [1.54, 1.807) is 6.08 Å². The van der Waals surface area contributed by atoms with Gasteiger partial charge in [0, 0.05) is 43.1 Å². The van der Waals surface area contributed by atoms with Gasteiger partial charge in [-0.15, -0.1) is 0 Å². The highest BCUT2D eigenvalue weighted by Crippen LogP contribution is 2.45. The van der Waals surface area contributed by atoms with Crippen molar-refractivity contribution in [3.8, 4) is 0 Å². The van der Waals surface area contributed by atoms with Gasteiger partial charge in [0.05, 0.1) is 11.6 Å². The number of hydrogen-bond donors (Lipinski definition) is 1. The van der Waals surface area contributed by atoms with Crippen LogP contribution in [0, 0.1) is 17.3 Å². The van der Waals surface area contributed by atoms with Gasteiger partial charge in [0.15, 0.2) is 0 Å². The fourth-order valence-electron chi connectivity index (χ4n) is 2.81. The van der Waals surface area contributed by atoms with Gasteiger partial charge in [-0.05, 0) is 6.92 Å². The quantitative estimate of drug-likeness (QED) is 0.486. The van der Waals surface area contributed by atoms with E-state index < -0.39 is 29.6 Å². The second-order valence-electron chi connectivity index (χ2n) is 6.66. The van der Waals surface area contributed by atoms with Crippen LogP contribution in [0.25, 0.3) is 0 Å². The van der Waals surface area contributed by atoms with Crippen LogP contribution in [0.15, 0.2) is 40.0 Å². The first-order valence-corrected chi connectivity index (χ1v) is 8.44. The Bertz CT molecular complexity index is 632. The molecule has 0 amide bonds. The SMILES string of the molecule is CC1(C(F)(F)F)C=NC(CCNCC2C=CC=CC2C(F)(F)F)=C(Cl)C1. The summed E-state index contributed by atoms with van der Waals surface area (Å²) in [6.07, 6.45) is -2.52. The number of hydrogen-bond acceptors (Lipinski definition) is 2. The summed E-state index contributed by atoms with van der Waals surface area (Å²) in [6, 6.07) is 0. The molecular weight excluding hydrogens is 382 g/mol. The summed E-state index contributed by atoms with van der Waals surface area (Å²) < 4.78 is 77.8. The van der Waals surface area contributed by atoms with Crippen LogP contribution >= 0.6 is 11.6 Å². The van der Waals surface area contributed by atoms with Gasteiger partial charge in [-0.25, -0.2) is 0 Å². The molecule has 0 aromatic heterocycles. The number of rotatable bonds is 5. The highest BCUT2D eigenvalue weighted by molar-refractivity contribution is 6.30. The van der Waals surface area contributed by atoms with E-state index in [4.69, 9.17) is 11.6 Å². The summed E-state index contributed by atoms with van der Waals surface area (Å²) in [7, 11) is 0. The normalized spacial score (nSPS) is 29.5. The maximum atomic E-state index is 13.0. The van der Waals surface area contributed by atoms with E-state index >= 15 is 0 Å². The van der Waals surface area contributed by atoms with Crippen LogP contribution in [0.2, 0.25) is 0 Å². The topological polar surface area (TPSA) is 24.4 Å². The summed E-state index contributed by atoms with van der Waals surface area (Å²) in [5, 5.41) is 2.93. The lowest BCUT2D eigenvalue weighted by atomic mass is 9.85. The van der Waals surface area contributed by atoms with E-state index in [-0.39, 0.29) is 31.0 Å². The molecule has 0 saturated carbocycles. The molecule has 0 radical (unpaired) electrons. The third kappa shape index (κ3) is 4.91. The van der Waals surface area contributed by atoms with Crippen LogP contribution in [0.5, 0.6) is 0 Å². The Balaban J connectivity index is 1.85. The predicted octanol–water partition coefficient (Wildman–Crippen LogP) is 5.38. The van der Waals surface area contributed by atoms with Crippen molar-refractivity contribution in [2.75, 3.05) is 13.1 Å². The van der Waals surface area contributed by atoms with Crippen molar-refractivity contribution in [3.05, 3.63) is 35.0 Å². The van der Waals surface area contributed by atoms with Crippen LogP contribution in [0.1, 0.15) is 19.8 Å². The molecule has 0 aromatic carbocycles. The molecule has 1 aliphatic carbocycles. The predicted molar refractivity (Wildman–Crippen MR) is 89.0 cm³/mol. The molecule has 2 rings (SSSR count). The maximum absolute atomic E-state index is 13.0. The molecule has 1 N–H and O–H groups in total. The number of allylic oxidation sites excluding steroid dienone is 4. The fourth-order valence-corrected chi connectivity index (χ4v) is 3.23. The minimum Gasteiger partial charge on any atom is -0.316 e. The van der Waals surface area contributed by atoms with Crippen LogP contribution in [0.4, 0.5) is 26.3 Å². The smallest absolute Gasteiger partial charge is 0.316 e. The Kier molecular flexibility index (Phi) is 6.28. The first-order valence-electron chi connectivity index (χ1n) is 8.06. The van der Waals surface area contributed by atoms with Crippen molar-refractivity contribution >= 4 is 17.8 Å². The summed E-state index contributed by atoms with van der Waals surface area (Å²) in [5.74, 6) is -2.28. The van der Waals surface area contributed by atoms with E-state index in [0.29, 0.717) is 5.70 Å². The van der Waals surface area contributed by atoms with Gasteiger partial charge >= 0.3 is 12.4 Å². The number of aliphatic imine (C=N–C) groups is 1. The zero-order valence-corrected chi connectivity index (χ0v) is 14.7. The summed E-state index contributed by atoms with van der Waals surface area (Å²) in [6.45, 7) is 1.39. The molecule has 0 saturated heterocycles. The standard InChI is InChI=1S/C17H19ClF6N2/c1-15(17(22,23)24)8-13(18)14(26-10-15)6-7-25-9-11-4-2-3-5-12(11)16(19,20)21/h2-5,10-12,25H,6-9H2,1H3. The van der Waals surface area contributed by atoms with Gasteiger partial charge in [0.1, 0.15) is 5.41 Å². The number of halogens is 7. The van der Waals surface area contributed by atoms with Crippen molar-refractivity contribution in [1.29, 1.82) is 0 Å². The largest absolute Gasteiger partial charge is 0.399 e. The van der Waals surface area contributed by atoms with E-state index in [2.05, 4.69) is 10.3 Å². The molecule has 1 heterocycles. The lowest BCUT2D eigenvalue weighted by Gasteiger charge is -2.31. The van der Waals surface area contributed by atoms with Gasteiger partial charge in [-0.2, -0.15) is 26.3 Å². The van der Waals surface area contributed by atoms with Crippen LogP contribution in [-0.4, -0.2) is 31.7 Å². The summed E-state index contributed by atoms with van der Waals surface area (Å²) >= 11 is 5.95. The van der Waals surface area contributed by atoms with E-state index in [1.807, 2.05) is 0 Å². The molecule has 0 aromatic rings. The monoisotopic (exact) mass is 400 g/mol. The third-order valence-electron chi connectivity index (χ3n) is 4.53. The highest BCUT2D eigenvalue weighted by atomic mass is 35.5. The van der Waals surface area contributed by atoms with Gasteiger partial charge in [-0.1, -0.05) is 35.9 Å². The molecule has 3 atom stereocenters. The van der Waals surface area contributed by atoms with Gasteiger partial charge in [0.2, 0.25) is 0 Å². The van der Waals surface area contributed by atoms with Crippen molar-refractivity contribution in [1.82, 2.24) is 5.32 Å². The second kappa shape index (κ2) is 7.76. The Morgan fingerprint density at radius 3 is 2.42 bits per heavy atom. The van der Waals surface area contributed by atoms with Gasteiger partial charge in [0.25, 0.3) is 0 Å². The van der Waals surface area contributed by atoms with E-state index in [1.165, 1.54) is 12.2 Å². The molecule has 9 heteroatoms. The zero-order valence-electron chi connectivity index (χ0n) is 14.0. The van der Waals surface area contributed by atoms with Crippen molar-refractivity contribution in [2.45, 2.75) is 32.1 Å². The molecule has 3 unspecified atom stereocenters. The van der Waals surface area contributed by atoms with Gasteiger partial charge in [-0.3, -0.25) is 4.99 Å². The lowest BCUT2D eigenvalue weighted by molar-refractivity contribution is -0.190. The molecule has 26 heavy (non-hydrogen) atoms. The zero-order chi connectivity index (χ0) is 19.6. The first-order chi connectivity index (χ1) is 11.9. The third-order valence-corrected chi connectivity index (χ3v) is 4.89. The minimum atomic E-state index is -4.45. The van der Waals surface area contributed by atoms with Gasteiger partial charge < -0.3 is 5.32 Å². The average molecular weight is 401 g/mol. The van der Waals surface area contributed by atoms with Crippen LogP contribution in [0.3, 0.4) is 0 Å². The summed E-state index contributed by atoms with van der Waals surface area (Å²) in [4.78, 5) is 3.83. The van der Waals surface area contributed by atoms with Crippen LogP contribution < -0.4 is 5.32 Å². The van der Waals surface area contributed by atoms with E-state index in [9.17, 15) is 26.3 Å². The first kappa shape index (κ1) is 21.0. The molecule has 2 aliphatic rings. The Labute approximate surface area is 152 Å². The van der Waals surface area contributed by atoms with E-state index in [0.717, 1.165) is 19.2 Å². The second-order valence-corrected chi connectivity index (χ2v) is 7.11. The Hall–Kier alpha value is -1.28. The molecule has 2 nitrogen and oxygen atoms in total. The minimum absolute atomic E-state index is 0.0304. The maximum Gasteiger partial charge on any atom is 0.399 e. The Morgan fingerprint density at radius 2 is 1.85 bits per heavy atom. The molecular formula is C17H19ClF6N2. The number of alkyl halides is 6. The van der Waals surface area contributed by atoms with Crippen molar-refractivity contribution in [2.24, 2.45) is 22.2 Å².